The number of hydrogen-bond donors (Lipinski definition) is 1. The quantitative estimate of drug-likeness (QED) is 0.731. The Balaban J connectivity index is 1.98. The molecule has 3 nitrogen and oxygen atoms in total. The lowest BCUT2D eigenvalue weighted by Gasteiger charge is -2.15. The molecule has 0 radical (unpaired) electrons. The van der Waals surface area contributed by atoms with Gasteiger partial charge in [0.2, 0.25) is 5.91 Å². The lowest BCUT2D eigenvalue weighted by Crippen LogP contribution is -2.31. The Morgan fingerprint density at radius 3 is 2.29 bits per heavy atom. The molecule has 0 saturated heterocycles. The zero-order valence-corrected chi connectivity index (χ0v) is 12.5. The maximum atomic E-state index is 12.4. The molecule has 106 valence electrons. The minimum atomic E-state index is -0.994. The number of ketones is 1. The van der Waals surface area contributed by atoms with E-state index in [1.807, 2.05) is 30.3 Å². The molecule has 0 aliphatic heterocycles. The fourth-order valence-electron chi connectivity index (χ4n) is 2.39. The highest BCUT2D eigenvalue weighted by atomic mass is 35.5. The number of benzene rings is 2. The zero-order chi connectivity index (χ0) is 15.2. The maximum Gasteiger partial charge on any atom is 0.244 e. The second kappa shape index (κ2) is 4.71. The van der Waals surface area contributed by atoms with Gasteiger partial charge in [-0.3, -0.25) is 9.59 Å². The Kier molecular flexibility index (Phi) is 3.10. The number of nitrogens with one attached hydrogen (secondary N) is 1. The van der Waals surface area contributed by atoms with Gasteiger partial charge in [-0.05, 0) is 37.1 Å². The molecular formula is C17H14ClNO2. The van der Waals surface area contributed by atoms with Crippen LogP contribution in [0.1, 0.15) is 29.8 Å². The Hall–Kier alpha value is -2.13. The fourth-order valence-corrected chi connectivity index (χ4v) is 2.43. The molecule has 0 aromatic heterocycles. The Morgan fingerprint density at radius 2 is 1.62 bits per heavy atom. The van der Waals surface area contributed by atoms with Gasteiger partial charge in [0.05, 0.1) is 0 Å². The monoisotopic (exact) mass is 299 g/mol. The molecule has 4 heteroatoms. The van der Waals surface area contributed by atoms with Crippen molar-refractivity contribution in [2.75, 3.05) is 5.32 Å². The summed E-state index contributed by atoms with van der Waals surface area (Å²) in [4.78, 5) is 23.3. The number of fused-ring (bicyclic) bond motifs is 3. The van der Waals surface area contributed by atoms with Crippen LogP contribution in [-0.2, 0) is 4.79 Å². The van der Waals surface area contributed by atoms with Crippen LogP contribution in [0.4, 0.5) is 5.69 Å². The van der Waals surface area contributed by atoms with Gasteiger partial charge in [-0.2, -0.15) is 0 Å². The first-order valence-corrected chi connectivity index (χ1v) is 7.04. The van der Waals surface area contributed by atoms with Gasteiger partial charge in [0.25, 0.3) is 0 Å². The van der Waals surface area contributed by atoms with Crippen molar-refractivity contribution in [2.24, 2.45) is 0 Å². The van der Waals surface area contributed by atoms with Crippen LogP contribution in [0.5, 0.6) is 0 Å². The fraction of sp³-hybridized carbons (Fsp3) is 0.176. The van der Waals surface area contributed by atoms with Crippen LogP contribution in [0.3, 0.4) is 0 Å². The maximum absolute atomic E-state index is 12.4. The van der Waals surface area contributed by atoms with Gasteiger partial charge in [-0.25, -0.2) is 0 Å². The number of carbonyl (C=O) groups is 2. The third-order valence-corrected chi connectivity index (χ3v) is 3.70. The second-order valence-electron chi connectivity index (χ2n) is 5.56. The van der Waals surface area contributed by atoms with Crippen molar-refractivity contribution in [3.8, 4) is 11.1 Å². The van der Waals surface area contributed by atoms with Crippen molar-refractivity contribution in [1.82, 2.24) is 0 Å². The average molecular weight is 300 g/mol. The molecule has 3 rings (SSSR count). The first kappa shape index (κ1) is 13.8. The molecule has 0 unspecified atom stereocenters. The summed E-state index contributed by atoms with van der Waals surface area (Å²) in [7, 11) is 0. The molecule has 2 aromatic rings. The molecule has 1 N–H and O–H groups in total. The molecule has 0 bridgehead atoms. The largest absolute Gasteiger partial charge is 0.325 e. The van der Waals surface area contributed by atoms with E-state index in [1.54, 1.807) is 26.0 Å². The molecule has 2 aromatic carbocycles. The standard InChI is InChI=1S/C17H14ClNO2/c1-17(2,18)16(21)19-10-7-8-12-11-5-3-4-6-13(11)15(20)14(12)9-10/h3-9H,1-2H3,(H,19,21). The van der Waals surface area contributed by atoms with Gasteiger partial charge in [0, 0.05) is 16.8 Å². The topological polar surface area (TPSA) is 46.2 Å². The van der Waals surface area contributed by atoms with Crippen molar-refractivity contribution in [3.63, 3.8) is 0 Å². The summed E-state index contributed by atoms with van der Waals surface area (Å²) in [6.07, 6.45) is 0. The van der Waals surface area contributed by atoms with Crippen LogP contribution in [0.25, 0.3) is 11.1 Å². The zero-order valence-electron chi connectivity index (χ0n) is 11.7. The summed E-state index contributed by atoms with van der Waals surface area (Å²) in [6.45, 7) is 3.25. The number of amides is 1. The van der Waals surface area contributed by atoms with Gasteiger partial charge >= 0.3 is 0 Å². The Labute approximate surface area is 127 Å². The third-order valence-electron chi connectivity index (χ3n) is 3.52. The van der Waals surface area contributed by atoms with E-state index in [9.17, 15) is 9.59 Å². The minimum absolute atomic E-state index is 0.0122. The van der Waals surface area contributed by atoms with Crippen LogP contribution in [-0.4, -0.2) is 16.6 Å². The summed E-state index contributed by atoms with van der Waals surface area (Å²) < 4.78 is 0. The summed E-state index contributed by atoms with van der Waals surface area (Å²) in [6, 6.07) is 12.9. The number of carbonyl (C=O) groups excluding carboxylic acids is 2. The third kappa shape index (κ3) is 2.34. The summed E-state index contributed by atoms with van der Waals surface area (Å²) in [5.41, 5.74) is 3.73. The van der Waals surface area contributed by atoms with E-state index in [2.05, 4.69) is 5.32 Å². The van der Waals surface area contributed by atoms with Crippen molar-refractivity contribution in [2.45, 2.75) is 18.7 Å². The van der Waals surface area contributed by atoms with E-state index in [0.29, 0.717) is 16.8 Å². The van der Waals surface area contributed by atoms with E-state index in [1.165, 1.54) is 0 Å². The molecule has 0 atom stereocenters. The number of halogens is 1. The number of hydrogen-bond acceptors (Lipinski definition) is 2. The first-order valence-electron chi connectivity index (χ1n) is 6.66. The first-order chi connectivity index (χ1) is 9.88. The number of rotatable bonds is 2. The highest BCUT2D eigenvalue weighted by molar-refractivity contribution is 6.36. The molecule has 1 aliphatic rings. The van der Waals surface area contributed by atoms with Crippen molar-refractivity contribution in [1.29, 1.82) is 0 Å². The Morgan fingerprint density at radius 1 is 1.00 bits per heavy atom. The normalized spacial score (nSPS) is 12.8. The van der Waals surface area contributed by atoms with Crippen LogP contribution in [0.15, 0.2) is 42.5 Å². The van der Waals surface area contributed by atoms with Crippen LogP contribution in [0.2, 0.25) is 0 Å². The molecule has 0 fully saturated rings. The van der Waals surface area contributed by atoms with Crippen molar-refractivity contribution < 1.29 is 9.59 Å². The lowest BCUT2D eigenvalue weighted by molar-refractivity contribution is -0.117. The summed E-state index contributed by atoms with van der Waals surface area (Å²) in [5, 5.41) is 2.74. The lowest BCUT2D eigenvalue weighted by atomic mass is 10.1. The molecule has 0 saturated carbocycles. The molecule has 1 aliphatic carbocycles. The predicted octanol–water partition coefficient (Wildman–Crippen LogP) is 3.85. The van der Waals surface area contributed by atoms with E-state index in [0.717, 1.165) is 11.1 Å². The van der Waals surface area contributed by atoms with Gasteiger partial charge in [-0.15, -0.1) is 11.6 Å². The number of anilines is 1. The second-order valence-corrected chi connectivity index (χ2v) is 6.51. The van der Waals surface area contributed by atoms with Gasteiger partial charge in [0.1, 0.15) is 4.87 Å². The van der Waals surface area contributed by atoms with E-state index in [4.69, 9.17) is 11.6 Å². The average Bonchev–Trinajstić information content (AvgIpc) is 2.72. The van der Waals surface area contributed by atoms with Gasteiger partial charge < -0.3 is 5.32 Å². The smallest absolute Gasteiger partial charge is 0.244 e. The highest BCUT2D eigenvalue weighted by Gasteiger charge is 2.28. The van der Waals surface area contributed by atoms with E-state index < -0.39 is 4.87 Å². The van der Waals surface area contributed by atoms with Crippen molar-refractivity contribution in [3.05, 3.63) is 53.6 Å². The van der Waals surface area contributed by atoms with Crippen molar-refractivity contribution >= 4 is 29.0 Å². The Bertz CT molecular complexity index is 760. The van der Waals surface area contributed by atoms with Crippen LogP contribution in [0, 0.1) is 0 Å². The number of alkyl halides is 1. The van der Waals surface area contributed by atoms with E-state index in [-0.39, 0.29) is 11.7 Å². The van der Waals surface area contributed by atoms with Gasteiger partial charge in [-0.1, -0.05) is 30.3 Å². The van der Waals surface area contributed by atoms with Crippen LogP contribution >= 0.6 is 11.6 Å². The van der Waals surface area contributed by atoms with Gasteiger partial charge in [0.15, 0.2) is 5.78 Å². The molecule has 0 heterocycles. The highest BCUT2D eigenvalue weighted by Crippen LogP contribution is 2.37. The molecule has 0 spiro atoms. The SMILES string of the molecule is CC(C)(Cl)C(=O)Nc1ccc2c(c1)C(=O)c1ccccc1-2. The van der Waals surface area contributed by atoms with Crippen LogP contribution < -0.4 is 5.32 Å². The minimum Gasteiger partial charge on any atom is -0.325 e. The predicted molar refractivity (Wildman–Crippen MR) is 83.9 cm³/mol. The summed E-state index contributed by atoms with van der Waals surface area (Å²) >= 11 is 5.97. The summed E-state index contributed by atoms with van der Waals surface area (Å²) in [5.74, 6) is -0.311. The molecular weight excluding hydrogens is 286 g/mol. The molecule has 1 amide bonds. The van der Waals surface area contributed by atoms with E-state index >= 15 is 0 Å². The molecule has 21 heavy (non-hydrogen) atoms.